The van der Waals surface area contributed by atoms with Crippen LogP contribution in [0.5, 0.6) is 5.88 Å². The maximum atomic E-state index is 5.60. The van der Waals surface area contributed by atoms with Crippen molar-refractivity contribution in [3.8, 4) is 5.88 Å². The zero-order valence-corrected chi connectivity index (χ0v) is 10.7. The number of aryl methyl sites for hydroxylation is 1. The van der Waals surface area contributed by atoms with E-state index < -0.39 is 0 Å². The van der Waals surface area contributed by atoms with Gasteiger partial charge >= 0.3 is 0 Å². The Bertz CT molecular complexity index is 510. The number of nitrogens with one attached hydrogen (secondary N) is 1. The van der Waals surface area contributed by atoms with Crippen LogP contribution in [0.25, 0.3) is 0 Å². The minimum absolute atomic E-state index is 0.0788. The fraction of sp³-hybridized carbons (Fsp3) is 0.455. The molecule has 0 spiro atoms. The van der Waals surface area contributed by atoms with Gasteiger partial charge in [0.15, 0.2) is 5.82 Å². The summed E-state index contributed by atoms with van der Waals surface area (Å²) in [5.41, 5.74) is 0.818. The fourth-order valence-electron chi connectivity index (χ4n) is 1.41. The Morgan fingerprint density at radius 1 is 1.44 bits per heavy atom. The largest absolute Gasteiger partial charge is 0.473 e. The van der Waals surface area contributed by atoms with Gasteiger partial charge in [-0.15, -0.1) is 10.2 Å². The first-order valence-electron chi connectivity index (χ1n) is 5.73. The van der Waals surface area contributed by atoms with E-state index in [-0.39, 0.29) is 6.10 Å². The van der Waals surface area contributed by atoms with Crippen LogP contribution in [0, 0.1) is 0 Å². The van der Waals surface area contributed by atoms with E-state index in [1.807, 2.05) is 26.0 Å². The molecule has 7 heteroatoms. The quantitative estimate of drug-likeness (QED) is 0.850. The van der Waals surface area contributed by atoms with Gasteiger partial charge < -0.3 is 10.1 Å². The van der Waals surface area contributed by atoms with E-state index >= 15 is 0 Å². The van der Waals surface area contributed by atoms with Crippen molar-refractivity contribution in [2.45, 2.75) is 26.5 Å². The van der Waals surface area contributed by atoms with E-state index in [1.165, 1.54) is 4.80 Å². The molecule has 0 saturated heterocycles. The Morgan fingerprint density at radius 2 is 2.28 bits per heavy atom. The van der Waals surface area contributed by atoms with Crippen LogP contribution in [0.15, 0.2) is 18.3 Å². The van der Waals surface area contributed by atoms with Crippen molar-refractivity contribution >= 4 is 5.69 Å². The number of hydrogen-bond donors (Lipinski definition) is 1. The molecule has 0 fully saturated rings. The highest BCUT2D eigenvalue weighted by molar-refractivity contribution is 5.51. The van der Waals surface area contributed by atoms with Crippen molar-refractivity contribution in [1.82, 2.24) is 25.2 Å². The SMILES string of the molecule is CC(C)Oc1ncccc1NCc1nnn(C)n1. The molecular formula is C11H16N6O. The van der Waals surface area contributed by atoms with E-state index in [9.17, 15) is 0 Å². The first-order valence-corrected chi connectivity index (χ1v) is 5.73. The Morgan fingerprint density at radius 3 is 2.94 bits per heavy atom. The molecule has 7 nitrogen and oxygen atoms in total. The van der Waals surface area contributed by atoms with Crippen molar-refractivity contribution in [1.29, 1.82) is 0 Å². The van der Waals surface area contributed by atoms with Crippen LogP contribution >= 0.6 is 0 Å². The number of ether oxygens (including phenoxy) is 1. The van der Waals surface area contributed by atoms with E-state index in [4.69, 9.17) is 4.74 Å². The summed E-state index contributed by atoms with van der Waals surface area (Å²) < 4.78 is 5.60. The molecule has 2 heterocycles. The highest BCUT2D eigenvalue weighted by atomic mass is 16.5. The Labute approximate surface area is 105 Å². The first-order chi connectivity index (χ1) is 8.65. The van der Waals surface area contributed by atoms with Gasteiger partial charge in [0.05, 0.1) is 25.4 Å². The number of aromatic nitrogens is 5. The second-order valence-electron chi connectivity index (χ2n) is 4.07. The predicted molar refractivity (Wildman–Crippen MR) is 66.1 cm³/mol. The minimum Gasteiger partial charge on any atom is -0.473 e. The van der Waals surface area contributed by atoms with Gasteiger partial charge in [-0.25, -0.2) is 4.98 Å². The highest BCUT2D eigenvalue weighted by Crippen LogP contribution is 2.21. The van der Waals surface area contributed by atoms with Crippen LogP contribution < -0.4 is 10.1 Å². The lowest BCUT2D eigenvalue weighted by molar-refractivity contribution is 0.234. The van der Waals surface area contributed by atoms with Crippen molar-refractivity contribution in [3.05, 3.63) is 24.2 Å². The summed E-state index contributed by atoms with van der Waals surface area (Å²) in [5, 5.41) is 14.9. The Balaban J connectivity index is 2.04. The number of tetrazole rings is 1. The van der Waals surface area contributed by atoms with Crippen LogP contribution in [-0.2, 0) is 13.6 Å². The third-order valence-electron chi connectivity index (χ3n) is 2.11. The molecule has 2 rings (SSSR count). The van der Waals surface area contributed by atoms with E-state index in [0.717, 1.165) is 5.69 Å². The molecule has 0 aliphatic heterocycles. The van der Waals surface area contributed by atoms with Gasteiger partial charge in [0.2, 0.25) is 5.88 Å². The van der Waals surface area contributed by atoms with Gasteiger partial charge in [-0.1, -0.05) is 0 Å². The lowest BCUT2D eigenvalue weighted by Gasteiger charge is -2.13. The summed E-state index contributed by atoms with van der Waals surface area (Å²) in [7, 11) is 1.73. The van der Waals surface area contributed by atoms with Crippen molar-refractivity contribution in [3.63, 3.8) is 0 Å². The molecule has 1 N–H and O–H groups in total. The Kier molecular flexibility index (Phi) is 3.71. The van der Waals surface area contributed by atoms with Gasteiger partial charge in [-0.05, 0) is 31.2 Å². The zero-order chi connectivity index (χ0) is 13.0. The summed E-state index contributed by atoms with van der Waals surface area (Å²) in [6, 6.07) is 3.75. The molecule has 0 atom stereocenters. The highest BCUT2D eigenvalue weighted by Gasteiger charge is 2.07. The maximum absolute atomic E-state index is 5.60. The minimum atomic E-state index is 0.0788. The Hall–Kier alpha value is -2.18. The molecule has 0 unspecified atom stereocenters. The summed E-state index contributed by atoms with van der Waals surface area (Å²) in [6.45, 7) is 4.40. The van der Waals surface area contributed by atoms with E-state index in [2.05, 4.69) is 25.7 Å². The monoisotopic (exact) mass is 248 g/mol. The van der Waals surface area contributed by atoms with Gasteiger partial charge in [0.25, 0.3) is 0 Å². The number of pyridine rings is 1. The number of anilines is 1. The van der Waals surface area contributed by atoms with Crippen molar-refractivity contribution in [2.24, 2.45) is 7.05 Å². The summed E-state index contributed by atoms with van der Waals surface area (Å²) in [6.07, 6.45) is 1.78. The van der Waals surface area contributed by atoms with Crippen LogP contribution in [0.4, 0.5) is 5.69 Å². The molecule has 0 amide bonds. The molecule has 0 radical (unpaired) electrons. The molecule has 2 aromatic heterocycles. The van der Waals surface area contributed by atoms with E-state index in [0.29, 0.717) is 18.2 Å². The number of nitrogens with zero attached hydrogens (tertiary/aromatic N) is 5. The van der Waals surface area contributed by atoms with Crippen LogP contribution in [0.1, 0.15) is 19.7 Å². The molecule has 0 aromatic carbocycles. The topological polar surface area (TPSA) is 77.8 Å². The van der Waals surface area contributed by atoms with Gasteiger partial charge in [-0.3, -0.25) is 0 Å². The van der Waals surface area contributed by atoms with Gasteiger partial charge in [0, 0.05) is 6.20 Å². The average Bonchev–Trinajstić information content (AvgIpc) is 2.73. The summed E-state index contributed by atoms with van der Waals surface area (Å²) >= 11 is 0. The van der Waals surface area contributed by atoms with Crippen molar-refractivity contribution in [2.75, 3.05) is 5.32 Å². The molecule has 0 aliphatic carbocycles. The zero-order valence-electron chi connectivity index (χ0n) is 10.7. The van der Waals surface area contributed by atoms with Crippen LogP contribution in [0.3, 0.4) is 0 Å². The molecule has 96 valence electrons. The number of rotatable bonds is 5. The maximum Gasteiger partial charge on any atom is 0.237 e. The molecular weight excluding hydrogens is 232 g/mol. The average molecular weight is 248 g/mol. The fourth-order valence-corrected chi connectivity index (χ4v) is 1.41. The van der Waals surface area contributed by atoms with E-state index in [1.54, 1.807) is 13.2 Å². The normalized spacial score (nSPS) is 10.7. The molecule has 0 bridgehead atoms. The number of hydrogen-bond acceptors (Lipinski definition) is 6. The lowest BCUT2D eigenvalue weighted by Crippen LogP contribution is -2.10. The lowest BCUT2D eigenvalue weighted by atomic mass is 10.4. The third-order valence-corrected chi connectivity index (χ3v) is 2.11. The second-order valence-corrected chi connectivity index (χ2v) is 4.07. The first kappa shape index (κ1) is 12.3. The summed E-state index contributed by atoms with van der Waals surface area (Å²) in [5.74, 6) is 1.20. The smallest absolute Gasteiger partial charge is 0.237 e. The molecule has 0 saturated carbocycles. The predicted octanol–water partition coefficient (Wildman–Crippen LogP) is 1.00. The second kappa shape index (κ2) is 5.44. The van der Waals surface area contributed by atoms with Crippen molar-refractivity contribution < 1.29 is 4.74 Å². The third kappa shape index (κ3) is 3.16. The molecule has 18 heavy (non-hydrogen) atoms. The van der Waals surface area contributed by atoms with Gasteiger partial charge in [-0.2, -0.15) is 4.80 Å². The standard InChI is InChI=1S/C11H16N6O/c1-8(2)18-11-9(5-4-6-12-11)13-7-10-14-16-17(3)15-10/h4-6,8,13H,7H2,1-3H3. The van der Waals surface area contributed by atoms with Crippen LogP contribution in [-0.4, -0.2) is 31.3 Å². The molecule has 0 aliphatic rings. The van der Waals surface area contributed by atoms with Gasteiger partial charge in [0.1, 0.15) is 0 Å². The van der Waals surface area contributed by atoms with Crippen LogP contribution in [0.2, 0.25) is 0 Å². The summed E-state index contributed by atoms with van der Waals surface area (Å²) in [4.78, 5) is 5.61. The molecule has 2 aromatic rings.